The number of aliphatic imine (C=N–C) groups is 2. The molecule has 1 rings (SSSR count). The molecular formula is C6H6N2O3. The zero-order chi connectivity index (χ0) is 8.27. The number of esters is 1. The highest BCUT2D eigenvalue weighted by Crippen LogP contribution is 2.01. The normalized spacial score (nSPS) is 21.9. The van der Waals surface area contributed by atoms with Gasteiger partial charge in [0.15, 0.2) is 5.92 Å². The molecule has 0 spiro atoms. The van der Waals surface area contributed by atoms with Crippen LogP contribution in [-0.2, 0) is 14.3 Å². The van der Waals surface area contributed by atoms with Crippen LogP contribution < -0.4 is 0 Å². The first-order chi connectivity index (χ1) is 5.25. The Hall–Kier alpha value is -1.52. The van der Waals surface area contributed by atoms with Gasteiger partial charge in [0.1, 0.15) is 6.34 Å². The molecule has 0 bridgehead atoms. The molecule has 0 saturated heterocycles. The summed E-state index contributed by atoms with van der Waals surface area (Å²) < 4.78 is 4.34. The van der Waals surface area contributed by atoms with E-state index in [0.29, 0.717) is 0 Å². The molecule has 0 aromatic heterocycles. The number of carbonyl (C=O) groups excluding carboxylic acids is 2. The number of amides is 1. The standard InChI is InChI=1S/C6H6N2O3/c1-11-6(10)4-2-7-3-8-5(4)9/h2-4H,1H3. The molecule has 0 aromatic carbocycles. The van der Waals surface area contributed by atoms with Gasteiger partial charge in [0, 0.05) is 6.21 Å². The SMILES string of the molecule is COC(=O)C1C=NC=NC1=O. The van der Waals surface area contributed by atoms with Gasteiger partial charge in [-0.3, -0.25) is 9.59 Å². The summed E-state index contributed by atoms with van der Waals surface area (Å²) >= 11 is 0. The molecule has 0 radical (unpaired) electrons. The van der Waals surface area contributed by atoms with E-state index in [-0.39, 0.29) is 0 Å². The minimum Gasteiger partial charge on any atom is -0.468 e. The Morgan fingerprint density at radius 2 is 2.45 bits per heavy atom. The van der Waals surface area contributed by atoms with Gasteiger partial charge >= 0.3 is 5.97 Å². The fourth-order valence-corrected chi connectivity index (χ4v) is 0.647. The van der Waals surface area contributed by atoms with Gasteiger partial charge in [-0.2, -0.15) is 0 Å². The van der Waals surface area contributed by atoms with Crippen LogP contribution in [0.1, 0.15) is 0 Å². The maximum Gasteiger partial charge on any atom is 0.323 e. The summed E-state index contributed by atoms with van der Waals surface area (Å²) in [6.45, 7) is 0. The van der Waals surface area contributed by atoms with Crippen molar-refractivity contribution in [3.63, 3.8) is 0 Å². The molecule has 1 atom stereocenters. The molecule has 0 fully saturated rings. The number of carbonyl (C=O) groups is 2. The average molecular weight is 154 g/mol. The fraction of sp³-hybridized carbons (Fsp3) is 0.333. The number of ether oxygens (including phenoxy) is 1. The first-order valence-electron chi connectivity index (χ1n) is 2.93. The average Bonchev–Trinajstić information content (AvgIpc) is 2.04. The van der Waals surface area contributed by atoms with Crippen LogP contribution in [0.5, 0.6) is 0 Å². The van der Waals surface area contributed by atoms with Gasteiger partial charge in [-0.1, -0.05) is 0 Å². The van der Waals surface area contributed by atoms with Gasteiger partial charge < -0.3 is 4.74 Å². The maximum atomic E-state index is 10.8. The molecule has 0 saturated carbocycles. The second-order valence-electron chi connectivity index (χ2n) is 1.88. The van der Waals surface area contributed by atoms with Crippen molar-refractivity contribution in [3.05, 3.63) is 0 Å². The van der Waals surface area contributed by atoms with Crippen molar-refractivity contribution in [2.45, 2.75) is 0 Å². The molecule has 1 unspecified atom stereocenters. The molecule has 5 heteroatoms. The van der Waals surface area contributed by atoms with Crippen LogP contribution in [0.15, 0.2) is 9.98 Å². The largest absolute Gasteiger partial charge is 0.468 e. The summed E-state index contributed by atoms with van der Waals surface area (Å²) in [5.41, 5.74) is 0. The van der Waals surface area contributed by atoms with E-state index in [1.165, 1.54) is 13.3 Å². The lowest BCUT2D eigenvalue weighted by atomic mass is 10.1. The molecule has 0 aliphatic carbocycles. The molecule has 1 aliphatic heterocycles. The number of rotatable bonds is 1. The van der Waals surface area contributed by atoms with E-state index in [1.54, 1.807) is 0 Å². The Bertz CT molecular complexity index is 244. The highest BCUT2D eigenvalue weighted by atomic mass is 16.5. The Kier molecular flexibility index (Phi) is 2.10. The van der Waals surface area contributed by atoms with Gasteiger partial charge in [0.25, 0.3) is 5.91 Å². The van der Waals surface area contributed by atoms with Crippen molar-refractivity contribution in [1.29, 1.82) is 0 Å². The Morgan fingerprint density at radius 3 is 3.00 bits per heavy atom. The van der Waals surface area contributed by atoms with Gasteiger partial charge in [0.05, 0.1) is 7.11 Å². The monoisotopic (exact) mass is 154 g/mol. The third-order valence-electron chi connectivity index (χ3n) is 1.21. The molecule has 5 nitrogen and oxygen atoms in total. The van der Waals surface area contributed by atoms with Crippen LogP contribution in [-0.4, -0.2) is 31.5 Å². The van der Waals surface area contributed by atoms with E-state index in [4.69, 9.17) is 0 Å². The summed E-state index contributed by atoms with van der Waals surface area (Å²) in [5.74, 6) is -2.12. The molecule has 1 amide bonds. The smallest absolute Gasteiger partial charge is 0.323 e. The van der Waals surface area contributed by atoms with Crippen LogP contribution in [0.3, 0.4) is 0 Å². The minimum atomic E-state index is -0.954. The van der Waals surface area contributed by atoms with Crippen LogP contribution >= 0.6 is 0 Å². The second kappa shape index (κ2) is 3.05. The van der Waals surface area contributed by atoms with Gasteiger partial charge in [-0.05, 0) is 0 Å². The predicted molar refractivity (Wildman–Crippen MR) is 37.5 cm³/mol. The molecule has 11 heavy (non-hydrogen) atoms. The van der Waals surface area contributed by atoms with Gasteiger partial charge in [-0.15, -0.1) is 0 Å². The van der Waals surface area contributed by atoms with E-state index >= 15 is 0 Å². The third kappa shape index (κ3) is 1.49. The molecule has 1 heterocycles. The van der Waals surface area contributed by atoms with Crippen molar-refractivity contribution in [3.8, 4) is 0 Å². The second-order valence-corrected chi connectivity index (χ2v) is 1.88. The van der Waals surface area contributed by atoms with Crippen LogP contribution in [0.2, 0.25) is 0 Å². The van der Waals surface area contributed by atoms with Crippen LogP contribution in [0.25, 0.3) is 0 Å². The minimum absolute atomic E-state index is 0.535. The summed E-state index contributed by atoms with van der Waals surface area (Å²) in [7, 11) is 1.21. The van der Waals surface area contributed by atoms with E-state index < -0.39 is 17.8 Å². The molecule has 0 N–H and O–H groups in total. The number of hydrogen-bond donors (Lipinski definition) is 0. The number of nitrogens with zero attached hydrogens (tertiary/aromatic N) is 2. The highest BCUT2D eigenvalue weighted by molar-refractivity contribution is 6.15. The van der Waals surface area contributed by atoms with Crippen molar-refractivity contribution in [1.82, 2.24) is 0 Å². The zero-order valence-corrected chi connectivity index (χ0v) is 5.85. The van der Waals surface area contributed by atoms with E-state index in [2.05, 4.69) is 14.7 Å². The Balaban J connectivity index is 2.73. The maximum absolute atomic E-state index is 10.8. The molecular weight excluding hydrogens is 148 g/mol. The predicted octanol–water partition coefficient (Wildman–Crippen LogP) is -0.585. The number of methoxy groups -OCH3 is 1. The quantitative estimate of drug-likeness (QED) is 0.374. The summed E-state index contributed by atoms with van der Waals surface area (Å²) in [6, 6.07) is 0. The first-order valence-corrected chi connectivity index (χ1v) is 2.93. The lowest BCUT2D eigenvalue weighted by Crippen LogP contribution is -2.27. The lowest BCUT2D eigenvalue weighted by molar-refractivity contribution is -0.146. The third-order valence-corrected chi connectivity index (χ3v) is 1.21. The Morgan fingerprint density at radius 1 is 1.73 bits per heavy atom. The lowest BCUT2D eigenvalue weighted by Gasteiger charge is -2.06. The molecule has 1 aliphatic rings. The Labute approximate surface area is 62.8 Å². The van der Waals surface area contributed by atoms with E-state index in [9.17, 15) is 9.59 Å². The van der Waals surface area contributed by atoms with E-state index in [0.717, 1.165) is 6.34 Å². The first kappa shape index (κ1) is 7.59. The van der Waals surface area contributed by atoms with Crippen molar-refractivity contribution < 1.29 is 14.3 Å². The van der Waals surface area contributed by atoms with Gasteiger partial charge in [-0.25, -0.2) is 9.98 Å². The van der Waals surface area contributed by atoms with E-state index in [1.807, 2.05) is 0 Å². The zero-order valence-electron chi connectivity index (χ0n) is 5.85. The van der Waals surface area contributed by atoms with Crippen LogP contribution in [0.4, 0.5) is 0 Å². The highest BCUT2D eigenvalue weighted by Gasteiger charge is 2.26. The summed E-state index contributed by atoms with van der Waals surface area (Å²) in [6.07, 6.45) is 2.31. The van der Waals surface area contributed by atoms with Crippen molar-refractivity contribution in [2.75, 3.05) is 7.11 Å². The topological polar surface area (TPSA) is 68.1 Å². The summed E-state index contributed by atoms with van der Waals surface area (Å²) in [5, 5.41) is 0. The molecule has 0 aromatic rings. The summed E-state index contributed by atoms with van der Waals surface area (Å²) in [4.78, 5) is 28.4. The fourth-order valence-electron chi connectivity index (χ4n) is 0.647. The van der Waals surface area contributed by atoms with Gasteiger partial charge in [0.2, 0.25) is 0 Å². The number of hydrogen-bond acceptors (Lipinski definition) is 4. The van der Waals surface area contributed by atoms with Crippen molar-refractivity contribution >= 4 is 24.4 Å². The van der Waals surface area contributed by atoms with Crippen LogP contribution in [0, 0.1) is 5.92 Å². The van der Waals surface area contributed by atoms with Crippen molar-refractivity contribution in [2.24, 2.45) is 15.9 Å². The molecule has 58 valence electrons.